The highest BCUT2D eigenvalue weighted by atomic mass is 32.1. The maximum atomic E-state index is 12.3. The van der Waals surface area contributed by atoms with Crippen molar-refractivity contribution in [2.75, 3.05) is 13.1 Å². The van der Waals surface area contributed by atoms with E-state index in [4.69, 9.17) is 0 Å². The molecule has 1 amide bonds. The third-order valence-corrected chi connectivity index (χ3v) is 3.78. The predicted molar refractivity (Wildman–Crippen MR) is 63.6 cm³/mol. The molecule has 3 rings (SSSR count). The summed E-state index contributed by atoms with van der Waals surface area (Å²) in [5.41, 5.74) is 0.677. The van der Waals surface area contributed by atoms with Gasteiger partial charge in [-0.15, -0.1) is 16.4 Å². The third-order valence-electron chi connectivity index (χ3n) is 2.89. The molecule has 1 atom stereocenters. The van der Waals surface area contributed by atoms with Gasteiger partial charge in [0.05, 0.1) is 11.8 Å². The normalized spacial score (nSPS) is 19.4. The van der Waals surface area contributed by atoms with Crippen LogP contribution in [0, 0.1) is 0 Å². The van der Waals surface area contributed by atoms with E-state index in [-0.39, 0.29) is 5.91 Å². The van der Waals surface area contributed by atoms with Crippen molar-refractivity contribution < 1.29 is 9.90 Å². The minimum absolute atomic E-state index is 0.0768. The quantitative estimate of drug-likeness (QED) is 0.821. The van der Waals surface area contributed by atoms with Crippen molar-refractivity contribution in [1.29, 1.82) is 0 Å². The Hall–Kier alpha value is -1.80. The van der Waals surface area contributed by atoms with Gasteiger partial charge in [0, 0.05) is 13.1 Å². The molecule has 0 bridgehead atoms. The molecular weight excluding hydrogens is 254 g/mol. The topological polar surface area (TPSA) is 84.1 Å². The Balaban J connectivity index is 1.89. The number of amides is 1. The molecule has 2 aromatic heterocycles. The van der Waals surface area contributed by atoms with Gasteiger partial charge in [-0.2, -0.15) is 4.68 Å². The van der Waals surface area contributed by atoms with E-state index in [9.17, 15) is 9.90 Å². The van der Waals surface area contributed by atoms with Gasteiger partial charge in [0.25, 0.3) is 5.91 Å². The lowest BCUT2D eigenvalue weighted by molar-refractivity contribution is 0.0769. The Morgan fingerprint density at radius 1 is 1.56 bits per heavy atom. The van der Waals surface area contributed by atoms with E-state index in [1.807, 2.05) is 5.38 Å². The van der Waals surface area contributed by atoms with Gasteiger partial charge in [0.1, 0.15) is 11.2 Å². The lowest BCUT2D eigenvalue weighted by Gasteiger charge is -2.15. The van der Waals surface area contributed by atoms with Gasteiger partial charge in [-0.05, 0) is 28.3 Å². The molecule has 1 aliphatic rings. The van der Waals surface area contributed by atoms with Crippen LogP contribution in [0.15, 0.2) is 17.8 Å². The second-order valence-corrected chi connectivity index (χ2v) is 5.00. The number of carbonyl (C=O) groups is 1. The Bertz CT molecular complexity index is 552. The number of aliphatic hydroxyl groups excluding tert-OH is 1. The highest BCUT2D eigenvalue weighted by Gasteiger charge is 2.28. The van der Waals surface area contributed by atoms with Crippen LogP contribution in [0.2, 0.25) is 0 Å². The van der Waals surface area contributed by atoms with Crippen LogP contribution in [0.1, 0.15) is 16.1 Å². The monoisotopic (exact) mass is 265 g/mol. The number of aliphatic hydroxyl groups is 1. The highest BCUT2D eigenvalue weighted by molar-refractivity contribution is 7.12. The van der Waals surface area contributed by atoms with Gasteiger partial charge in [0.15, 0.2) is 0 Å². The molecule has 2 aromatic rings. The van der Waals surface area contributed by atoms with Crippen molar-refractivity contribution >= 4 is 17.2 Å². The fourth-order valence-corrected chi connectivity index (χ4v) is 2.83. The number of β-amino-alcohol motifs (C(OH)–C–C–N with tert-alkyl or cyclic N) is 1. The first kappa shape index (κ1) is 11.3. The van der Waals surface area contributed by atoms with Crippen LogP contribution in [-0.2, 0) is 0 Å². The van der Waals surface area contributed by atoms with Crippen molar-refractivity contribution in [3.8, 4) is 5.69 Å². The summed E-state index contributed by atoms with van der Waals surface area (Å²) in [6, 6.07) is 1.81. The molecule has 8 heteroatoms. The lowest BCUT2D eigenvalue weighted by Crippen LogP contribution is -2.29. The zero-order chi connectivity index (χ0) is 12.5. The molecule has 3 heterocycles. The molecule has 94 valence electrons. The van der Waals surface area contributed by atoms with E-state index in [1.165, 1.54) is 22.3 Å². The average molecular weight is 265 g/mol. The maximum absolute atomic E-state index is 12.3. The molecule has 0 unspecified atom stereocenters. The molecular formula is C10H11N5O2S. The van der Waals surface area contributed by atoms with E-state index >= 15 is 0 Å². The van der Waals surface area contributed by atoms with Crippen LogP contribution in [0.25, 0.3) is 5.69 Å². The molecule has 18 heavy (non-hydrogen) atoms. The lowest BCUT2D eigenvalue weighted by atomic mass is 10.3. The number of nitrogens with zero attached hydrogens (tertiary/aromatic N) is 5. The van der Waals surface area contributed by atoms with Crippen molar-refractivity contribution in [2.24, 2.45) is 0 Å². The van der Waals surface area contributed by atoms with Gasteiger partial charge < -0.3 is 10.0 Å². The fourth-order valence-electron chi connectivity index (χ4n) is 1.98. The number of hydrogen-bond acceptors (Lipinski definition) is 6. The molecule has 1 fully saturated rings. The first-order valence-electron chi connectivity index (χ1n) is 5.54. The molecule has 0 aliphatic carbocycles. The maximum Gasteiger partial charge on any atom is 0.266 e. The minimum atomic E-state index is -0.412. The summed E-state index contributed by atoms with van der Waals surface area (Å²) < 4.78 is 1.47. The Labute approximate surface area is 107 Å². The molecule has 0 saturated carbocycles. The number of thiophene rings is 1. The number of rotatable bonds is 2. The van der Waals surface area contributed by atoms with E-state index in [1.54, 1.807) is 11.0 Å². The summed E-state index contributed by atoms with van der Waals surface area (Å²) in [5, 5.41) is 22.2. The first-order valence-corrected chi connectivity index (χ1v) is 6.42. The highest BCUT2D eigenvalue weighted by Crippen LogP contribution is 2.23. The van der Waals surface area contributed by atoms with Crippen molar-refractivity contribution in [1.82, 2.24) is 25.1 Å². The summed E-state index contributed by atoms with van der Waals surface area (Å²) in [6.45, 7) is 0.985. The van der Waals surface area contributed by atoms with E-state index in [2.05, 4.69) is 15.5 Å². The van der Waals surface area contributed by atoms with Crippen molar-refractivity contribution in [2.45, 2.75) is 12.5 Å². The largest absolute Gasteiger partial charge is 0.391 e. The second-order valence-electron chi connectivity index (χ2n) is 4.08. The summed E-state index contributed by atoms with van der Waals surface area (Å²) in [7, 11) is 0. The van der Waals surface area contributed by atoms with Crippen LogP contribution in [0.5, 0.6) is 0 Å². The van der Waals surface area contributed by atoms with E-state index < -0.39 is 6.10 Å². The molecule has 1 N–H and O–H groups in total. The van der Waals surface area contributed by atoms with Gasteiger partial charge in [-0.3, -0.25) is 4.79 Å². The standard InChI is InChI=1S/C10H11N5O2S/c16-7-1-3-14(5-7)10(17)9-8(2-4-18-9)15-6-11-12-13-15/h2,4,6-7,16H,1,3,5H2/t7-/m1/s1. The number of tetrazole rings is 1. The number of hydrogen-bond donors (Lipinski definition) is 1. The SMILES string of the molecule is O=C(c1sccc1-n1cnnn1)N1CC[C@@H](O)C1. The zero-order valence-electron chi connectivity index (χ0n) is 9.43. The minimum Gasteiger partial charge on any atom is -0.391 e. The van der Waals surface area contributed by atoms with Crippen LogP contribution in [-0.4, -0.2) is 55.3 Å². The fraction of sp³-hybridized carbons (Fsp3) is 0.400. The average Bonchev–Trinajstić information content (AvgIpc) is 3.08. The summed E-state index contributed by atoms with van der Waals surface area (Å²) in [4.78, 5) is 14.6. The number of aromatic nitrogens is 4. The van der Waals surface area contributed by atoms with Crippen LogP contribution in [0.4, 0.5) is 0 Å². The number of likely N-dealkylation sites (tertiary alicyclic amines) is 1. The smallest absolute Gasteiger partial charge is 0.266 e. The summed E-state index contributed by atoms with van der Waals surface area (Å²) >= 11 is 1.35. The Morgan fingerprint density at radius 3 is 3.11 bits per heavy atom. The molecule has 0 radical (unpaired) electrons. The van der Waals surface area contributed by atoms with Crippen molar-refractivity contribution in [3.63, 3.8) is 0 Å². The zero-order valence-corrected chi connectivity index (χ0v) is 10.2. The van der Waals surface area contributed by atoms with E-state index in [0.29, 0.717) is 30.1 Å². The Morgan fingerprint density at radius 2 is 2.44 bits per heavy atom. The third kappa shape index (κ3) is 1.89. The first-order chi connectivity index (χ1) is 8.75. The van der Waals surface area contributed by atoms with Gasteiger partial charge in [-0.1, -0.05) is 0 Å². The summed E-state index contributed by atoms with van der Waals surface area (Å²) in [5.74, 6) is -0.0768. The number of carbonyl (C=O) groups excluding carboxylic acids is 1. The van der Waals surface area contributed by atoms with Gasteiger partial charge in [-0.25, -0.2) is 0 Å². The predicted octanol–water partition coefficient (Wildman–Crippen LogP) is -0.0694. The van der Waals surface area contributed by atoms with Crippen LogP contribution < -0.4 is 0 Å². The Kier molecular flexibility index (Phi) is 2.80. The van der Waals surface area contributed by atoms with Gasteiger partial charge >= 0.3 is 0 Å². The second kappa shape index (κ2) is 4.46. The van der Waals surface area contributed by atoms with Crippen molar-refractivity contribution in [3.05, 3.63) is 22.7 Å². The van der Waals surface area contributed by atoms with E-state index in [0.717, 1.165) is 0 Å². The molecule has 0 spiro atoms. The molecule has 1 saturated heterocycles. The van der Waals surface area contributed by atoms with Crippen LogP contribution in [0.3, 0.4) is 0 Å². The molecule has 1 aliphatic heterocycles. The van der Waals surface area contributed by atoms with Crippen LogP contribution >= 0.6 is 11.3 Å². The molecule has 0 aromatic carbocycles. The summed E-state index contributed by atoms with van der Waals surface area (Å²) in [6.07, 6.45) is 1.68. The molecule has 7 nitrogen and oxygen atoms in total. The van der Waals surface area contributed by atoms with Gasteiger partial charge in [0.2, 0.25) is 0 Å².